The fraction of sp³-hybridized carbons (Fsp3) is 0.0625. The molecule has 21 heavy (non-hydrogen) atoms. The SMILES string of the molecule is Fc1ccc(SCc2ccc(-n3ccnc3)cc2)cc1F. The summed E-state index contributed by atoms with van der Waals surface area (Å²) in [5.74, 6) is -0.922. The summed E-state index contributed by atoms with van der Waals surface area (Å²) in [6.45, 7) is 0. The van der Waals surface area contributed by atoms with Gasteiger partial charge < -0.3 is 4.57 Å². The number of benzene rings is 2. The van der Waals surface area contributed by atoms with Gasteiger partial charge in [-0.2, -0.15) is 0 Å². The Morgan fingerprint density at radius 2 is 1.81 bits per heavy atom. The van der Waals surface area contributed by atoms with Gasteiger partial charge in [0, 0.05) is 28.7 Å². The van der Waals surface area contributed by atoms with Crippen molar-refractivity contribution in [1.82, 2.24) is 9.55 Å². The van der Waals surface area contributed by atoms with Gasteiger partial charge in [-0.1, -0.05) is 12.1 Å². The lowest BCUT2D eigenvalue weighted by Crippen LogP contribution is -1.90. The fourth-order valence-electron chi connectivity index (χ4n) is 1.91. The molecule has 0 saturated heterocycles. The molecule has 0 radical (unpaired) electrons. The van der Waals surface area contributed by atoms with Gasteiger partial charge in [0.1, 0.15) is 0 Å². The van der Waals surface area contributed by atoms with E-state index in [9.17, 15) is 8.78 Å². The van der Waals surface area contributed by atoms with Crippen LogP contribution in [-0.4, -0.2) is 9.55 Å². The third-order valence-electron chi connectivity index (χ3n) is 3.04. The van der Waals surface area contributed by atoms with Gasteiger partial charge in [0.25, 0.3) is 0 Å². The highest BCUT2D eigenvalue weighted by Crippen LogP contribution is 2.24. The Bertz CT molecular complexity index is 725. The second-order valence-corrected chi connectivity index (χ2v) is 5.55. The van der Waals surface area contributed by atoms with Crippen LogP contribution in [0.5, 0.6) is 0 Å². The number of hydrogen-bond donors (Lipinski definition) is 0. The largest absolute Gasteiger partial charge is 0.306 e. The van der Waals surface area contributed by atoms with Crippen molar-refractivity contribution in [2.45, 2.75) is 10.6 Å². The van der Waals surface area contributed by atoms with E-state index in [0.29, 0.717) is 10.6 Å². The lowest BCUT2D eigenvalue weighted by Gasteiger charge is -2.05. The molecule has 0 aliphatic heterocycles. The monoisotopic (exact) mass is 302 g/mol. The second-order valence-electron chi connectivity index (χ2n) is 4.50. The summed E-state index contributed by atoms with van der Waals surface area (Å²) in [6.07, 6.45) is 5.35. The zero-order valence-corrected chi connectivity index (χ0v) is 11.9. The maximum absolute atomic E-state index is 13.1. The number of rotatable bonds is 4. The average molecular weight is 302 g/mol. The Kier molecular flexibility index (Phi) is 4.01. The van der Waals surface area contributed by atoms with Crippen LogP contribution in [0.1, 0.15) is 5.56 Å². The lowest BCUT2D eigenvalue weighted by atomic mass is 10.2. The van der Waals surface area contributed by atoms with Crippen LogP contribution in [0.3, 0.4) is 0 Å². The molecule has 0 N–H and O–H groups in total. The molecule has 0 aliphatic rings. The molecule has 1 aromatic heterocycles. The molecule has 0 aliphatic carbocycles. The molecule has 2 aromatic carbocycles. The molecule has 0 amide bonds. The van der Waals surface area contributed by atoms with E-state index in [1.807, 2.05) is 35.0 Å². The van der Waals surface area contributed by atoms with Gasteiger partial charge in [-0.25, -0.2) is 13.8 Å². The highest BCUT2D eigenvalue weighted by molar-refractivity contribution is 7.98. The van der Waals surface area contributed by atoms with E-state index in [0.717, 1.165) is 17.3 Å². The Balaban J connectivity index is 1.66. The van der Waals surface area contributed by atoms with Crippen molar-refractivity contribution in [1.29, 1.82) is 0 Å². The van der Waals surface area contributed by atoms with Crippen molar-refractivity contribution in [3.63, 3.8) is 0 Å². The summed E-state index contributed by atoms with van der Waals surface area (Å²) >= 11 is 1.47. The summed E-state index contributed by atoms with van der Waals surface area (Å²) < 4.78 is 27.9. The second kappa shape index (κ2) is 6.10. The number of aromatic nitrogens is 2. The number of thioether (sulfide) groups is 1. The minimum absolute atomic E-state index is 0.704. The third kappa shape index (κ3) is 3.31. The van der Waals surface area contributed by atoms with E-state index < -0.39 is 11.6 Å². The van der Waals surface area contributed by atoms with Crippen molar-refractivity contribution < 1.29 is 8.78 Å². The van der Waals surface area contributed by atoms with E-state index in [1.54, 1.807) is 18.6 Å². The molecule has 5 heteroatoms. The van der Waals surface area contributed by atoms with Gasteiger partial charge >= 0.3 is 0 Å². The third-order valence-corrected chi connectivity index (χ3v) is 4.10. The van der Waals surface area contributed by atoms with E-state index in [1.165, 1.54) is 17.8 Å². The molecule has 0 saturated carbocycles. The molecule has 0 bridgehead atoms. The summed E-state index contributed by atoms with van der Waals surface area (Å²) in [7, 11) is 0. The van der Waals surface area contributed by atoms with Crippen molar-refractivity contribution in [3.8, 4) is 5.69 Å². The molecule has 2 nitrogen and oxygen atoms in total. The minimum Gasteiger partial charge on any atom is -0.306 e. The smallest absolute Gasteiger partial charge is 0.159 e. The quantitative estimate of drug-likeness (QED) is 0.663. The van der Waals surface area contributed by atoms with Crippen LogP contribution >= 0.6 is 11.8 Å². The van der Waals surface area contributed by atoms with Gasteiger partial charge in [-0.3, -0.25) is 0 Å². The highest BCUT2D eigenvalue weighted by atomic mass is 32.2. The highest BCUT2D eigenvalue weighted by Gasteiger charge is 2.03. The van der Waals surface area contributed by atoms with E-state index in [4.69, 9.17) is 0 Å². The van der Waals surface area contributed by atoms with Crippen LogP contribution in [0.15, 0.2) is 66.1 Å². The van der Waals surface area contributed by atoms with Crippen LogP contribution in [-0.2, 0) is 5.75 Å². The maximum Gasteiger partial charge on any atom is 0.159 e. The standard InChI is InChI=1S/C16H12F2N2S/c17-15-6-5-14(9-16(15)18)21-10-12-1-3-13(4-2-12)20-8-7-19-11-20/h1-9,11H,10H2. The topological polar surface area (TPSA) is 17.8 Å². The van der Waals surface area contributed by atoms with E-state index >= 15 is 0 Å². The molecule has 0 fully saturated rings. The summed E-state index contributed by atoms with van der Waals surface area (Å²) in [5.41, 5.74) is 2.16. The van der Waals surface area contributed by atoms with Crippen LogP contribution in [0.4, 0.5) is 8.78 Å². The first kappa shape index (κ1) is 13.8. The Morgan fingerprint density at radius 1 is 1.00 bits per heavy atom. The predicted octanol–water partition coefficient (Wildman–Crippen LogP) is 4.44. The normalized spacial score (nSPS) is 10.8. The van der Waals surface area contributed by atoms with Crippen LogP contribution in [0.2, 0.25) is 0 Å². The predicted molar refractivity (Wildman–Crippen MR) is 79.5 cm³/mol. The molecular weight excluding hydrogens is 290 g/mol. The molecule has 1 heterocycles. The summed E-state index contributed by atoms with van der Waals surface area (Å²) in [4.78, 5) is 4.72. The van der Waals surface area contributed by atoms with Crippen molar-refractivity contribution in [3.05, 3.63) is 78.4 Å². The molecular formula is C16H12F2N2S. The first-order chi connectivity index (χ1) is 10.2. The molecule has 0 spiro atoms. The van der Waals surface area contributed by atoms with Gasteiger partial charge in [0.2, 0.25) is 0 Å². The molecule has 106 valence electrons. The number of imidazole rings is 1. The summed E-state index contributed by atoms with van der Waals surface area (Å²) in [5, 5.41) is 0. The first-order valence-electron chi connectivity index (χ1n) is 6.37. The number of halogens is 2. The Morgan fingerprint density at radius 3 is 2.48 bits per heavy atom. The van der Waals surface area contributed by atoms with Crippen molar-refractivity contribution in [2.75, 3.05) is 0 Å². The molecule has 0 atom stereocenters. The van der Waals surface area contributed by atoms with E-state index in [2.05, 4.69) is 4.98 Å². The van der Waals surface area contributed by atoms with Gasteiger partial charge in [-0.15, -0.1) is 11.8 Å². The zero-order valence-electron chi connectivity index (χ0n) is 11.0. The minimum atomic E-state index is -0.816. The zero-order chi connectivity index (χ0) is 14.7. The average Bonchev–Trinajstić information content (AvgIpc) is 3.03. The molecule has 3 rings (SSSR count). The van der Waals surface area contributed by atoms with Gasteiger partial charge in [-0.05, 0) is 35.9 Å². The van der Waals surface area contributed by atoms with Crippen molar-refractivity contribution in [2.24, 2.45) is 0 Å². The number of hydrogen-bond acceptors (Lipinski definition) is 2. The van der Waals surface area contributed by atoms with Crippen molar-refractivity contribution >= 4 is 11.8 Å². The van der Waals surface area contributed by atoms with E-state index in [-0.39, 0.29) is 0 Å². The molecule has 0 unspecified atom stereocenters. The van der Waals surface area contributed by atoms with Crippen LogP contribution in [0.25, 0.3) is 5.69 Å². The Labute approximate surface area is 125 Å². The van der Waals surface area contributed by atoms with Gasteiger partial charge in [0.15, 0.2) is 11.6 Å². The maximum atomic E-state index is 13.1. The lowest BCUT2D eigenvalue weighted by molar-refractivity contribution is 0.506. The fourth-order valence-corrected chi connectivity index (χ4v) is 2.79. The van der Waals surface area contributed by atoms with Gasteiger partial charge in [0.05, 0.1) is 6.33 Å². The number of nitrogens with zero attached hydrogens (tertiary/aromatic N) is 2. The Hall–Kier alpha value is -2.14. The summed E-state index contributed by atoms with van der Waals surface area (Å²) in [6, 6.07) is 12.0. The molecule has 3 aromatic rings. The van der Waals surface area contributed by atoms with Crippen LogP contribution < -0.4 is 0 Å². The van der Waals surface area contributed by atoms with Crippen LogP contribution in [0, 0.1) is 11.6 Å². The first-order valence-corrected chi connectivity index (χ1v) is 7.36.